The highest BCUT2D eigenvalue weighted by Gasteiger charge is 2.18. The van der Waals surface area contributed by atoms with E-state index in [0.717, 1.165) is 32.4 Å². The van der Waals surface area contributed by atoms with Gasteiger partial charge in [-0.05, 0) is 45.2 Å². The van der Waals surface area contributed by atoms with Crippen molar-refractivity contribution in [1.29, 1.82) is 0 Å². The summed E-state index contributed by atoms with van der Waals surface area (Å²) in [6.45, 7) is 4.20. The molecule has 0 spiro atoms. The second-order valence-electron chi connectivity index (χ2n) is 4.40. The van der Waals surface area contributed by atoms with E-state index in [1.807, 2.05) is 6.92 Å². The van der Waals surface area contributed by atoms with Gasteiger partial charge < -0.3 is 15.7 Å². The van der Waals surface area contributed by atoms with Crippen LogP contribution in [0.4, 0.5) is 0 Å². The van der Waals surface area contributed by atoms with E-state index < -0.39 is 0 Å². The van der Waals surface area contributed by atoms with Crippen molar-refractivity contribution in [2.75, 3.05) is 19.7 Å². The lowest BCUT2D eigenvalue weighted by Crippen LogP contribution is -2.34. The molecule has 0 aromatic rings. The number of amides is 1. The van der Waals surface area contributed by atoms with Crippen LogP contribution in [0.15, 0.2) is 0 Å². The second kappa shape index (κ2) is 6.80. The predicted octanol–water partition coefficient (Wildman–Crippen LogP) is 0.263. The predicted molar refractivity (Wildman–Crippen MR) is 59.5 cm³/mol. The first-order chi connectivity index (χ1) is 7.22. The molecule has 2 unspecified atom stereocenters. The van der Waals surface area contributed by atoms with E-state index in [9.17, 15) is 4.79 Å². The summed E-state index contributed by atoms with van der Waals surface area (Å²) in [6.07, 6.45) is 3.35. The molecule has 0 saturated carbocycles. The van der Waals surface area contributed by atoms with Crippen LogP contribution in [0.2, 0.25) is 0 Å². The van der Waals surface area contributed by atoms with Gasteiger partial charge in [0.1, 0.15) is 0 Å². The minimum Gasteiger partial charge on any atom is -0.396 e. The summed E-state index contributed by atoms with van der Waals surface area (Å²) in [7, 11) is 0. The smallest absolute Gasteiger partial charge is 0.220 e. The van der Waals surface area contributed by atoms with Crippen LogP contribution in [0.25, 0.3) is 0 Å². The zero-order valence-electron chi connectivity index (χ0n) is 9.46. The maximum absolute atomic E-state index is 11.6. The fourth-order valence-corrected chi connectivity index (χ4v) is 1.95. The Hall–Kier alpha value is -0.610. The number of carbonyl (C=O) groups is 1. The van der Waals surface area contributed by atoms with Gasteiger partial charge in [-0.3, -0.25) is 4.79 Å². The summed E-state index contributed by atoms with van der Waals surface area (Å²) < 4.78 is 0. The van der Waals surface area contributed by atoms with Gasteiger partial charge in [0.15, 0.2) is 0 Å². The Morgan fingerprint density at radius 2 is 2.47 bits per heavy atom. The van der Waals surface area contributed by atoms with Crippen molar-refractivity contribution in [2.24, 2.45) is 5.92 Å². The van der Waals surface area contributed by atoms with Crippen molar-refractivity contribution in [1.82, 2.24) is 10.6 Å². The Morgan fingerprint density at radius 1 is 1.67 bits per heavy atom. The first-order valence-corrected chi connectivity index (χ1v) is 5.83. The van der Waals surface area contributed by atoms with E-state index in [2.05, 4.69) is 10.6 Å². The molecule has 1 amide bonds. The minimum absolute atomic E-state index is 0.147. The number of aliphatic hydroxyl groups excluding tert-OH is 1. The Bertz CT molecular complexity index is 191. The maximum atomic E-state index is 11.6. The molecule has 0 aliphatic carbocycles. The molecule has 1 aliphatic rings. The summed E-state index contributed by atoms with van der Waals surface area (Å²) in [4.78, 5) is 11.6. The molecular formula is C11H22N2O2. The summed E-state index contributed by atoms with van der Waals surface area (Å²) >= 11 is 0. The van der Waals surface area contributed by atoms with Gasteiger partial charge in [0, 0.05) is 19.1 Å². The molecule has 2 atom stereocenters. The van der Waals surface area contributed by atoms with Gasteiger partial charge in [0.2, 0.25) is 5.91 Å². The Kier molecular flexibility index (Phi) is 5.65. The zero-order valence-corrected chi connectivity index (χ0v) is 9.46. The SMILES string of the molecule is CC(CCCO)NC(=O)CC1CCNC1. The summed E-state index contributed by atoms with van der Waals surface area (Å²) in [6, 6.07) is 0.180. The van der Waals surface area contributed by atoms with Gasteiger partial charge in [-0.25, -0.2) is 0 Å². The highest BCUT2D eigenvalue weighted by molar-refractivity contribution is 5.76. The average molecular weight is 214 g/mol. The maximum Gasteiger partial charge on any atom is 0.220 e. The van der Waals surface area contributed by atoms with E-state index in [1.165, 1.54) is 0 Å². The summed E-state index contributed by atoms with van der Waals surface area (Å²) in [5, 5.41) is 14.9. The minimum atomic E-state index is 0.147. The standard InChI is InChI=1S/C11H22N2O2/c1-9(3-2-6-14)13-11(15)7-10-4-5-12-8-10/h9-10,12,14H,2-8H2,1H3,(H,13,15). The summed E-state index contributed by atoms with van der Waals surface area (Å²) in [5.41, 5.74) is 0. The molecule has 0 radical (unpaired) electrons. The monoisotopic (exact) mass is 214 g/mol. The lowest BCUT2D eigenvalue weighted by Gasteiger charge is -2.14. The Balaban J connectivity index is 2.11. The van der Waals surface area contributed by atoms with Crippen molar-refractivity contribution in [3.63, 3.8) is 0 Å². The molecule has 0 aromatic heterocycles. The molecule has 0 bridgehead atoms. The normalized spacial score (nSPS) is 22.7. The highest BCUT2D eigenvalue weighted by atomic mass is 16.2. The van der Waals surface area contributed by atoms with Gasteiger partial charge in [-0.1, -0.05) is 0 Å². The highest BCUT2D eigenvalue weighted by Crippen LogP contribution is 2.11. The molecule has 4 nitrogen and oxygen atoms in total. The molecule has 1 fully saturated rings. The van der Waals surface area contributed by atoms with Crippen LogP contribution in [-0.4, -0.2) is 36.8 Å². The van der Waals surface area contributed by atoms with Crippen molar-refractivity contribution < 1.29 is 9.90 Å². The molecule has 1 aliphatic heterocycles. The topological polar surface area (TPSA) is 61.4 Å². The lowest BCUT2D eigenvalue weighted by atomic mass is 10.0. The number of carbonyl (C=O) groups excluding carboxylic acids is 1. The molecule has 1 saturated heterocycles. The van der Waals surface area contributed by atoms with E-state index in [0.29, 0.717) is 12.3 Å². The van der Waals surface area contributed by atoms with Gasteiger partial charge in [0.25, 0.3) is 0 Å². The van der Waals surface area contributed by atoms with E-state index >= 15 is 0 Å². The van der Waals surface area contributed by atoms with Gasteiger partial charge in [0.05, 0.1) is 0 Å². The van der Waals surface area contributed by atoms with Crippen LogP contribution < -0.4 is 10.6 Å². The second-order valence-corrected chi connectivity index (χ2v) is 4.40. The van der Waals surface area contributed by atoms with Crippen molar-refractivity contribution in [2.45, 2.75) is 38.6 Å². The van der Waals surface area contributed by atoms with Gasteiger partial charge in [-0.15, -0.1) is 0 Å². The van der Waals surface area contributed by atoms with Crippen LogP contribution in [0, 0.1) is 5.92 Å². The summed E-state index contributed by atoms with van der Waals surface area (Å²) in [5.74, 6) is 0.657. The van der Waals surface area contributed by atoms with Crippen LogP contribution >= 0.6 is 0 Å². The lowest BCUT2D eigenvalue weighted by molar-refractivity contribution is -0.122. The fraction of sp³-hybridized carbons (Fsp3) is 0.909. The van der Waals surface area contributed by atoms with E-state index in [-0.39, 0.29) is 18.6 Å². The third kappa shape index (κ3) is 5.14. The van der Waals surface area contributed by atoms with Crippen LogP contribution in [-0.2, 0) is 4.79 Å². The first-order valence-electron chi connectivity index (χ1n) is 5.83. The van der Waals surface area contributed by atoms with Crippen LogP contribution in [0.1, 0.15) is 32.6 Å². The zero-order chi connectivity index (χ0) is 11.1. The van der Waals surface area contributed by atoms with Crippen LogP contribution in [0.5, 0.6) is 0 Å². The molecular weight excluding hydrogens is 192 g/mol. The third-order valence-electron chi connectivity index (χ3n) is 2.84. The average Bonchev–Trinajstić information content (AvgIpc) is 2.67. The van der Waals surface area contributed by atoms with Crippen LogP contribution in [0.3, 0.4) is 0 Å². The first kappa shape index (κ1) is 12.5. The van der Waals surface area contributed by atoms with Gasteiger partial charge in [-0.2, -0.15) is 0 Å². The molecule has 1 heterocycles. The largest absolute Gasteiger partial charge is 0.396 e. The third-order valence-corrected chi connectivity index (χ3v) is 2.84. The quantitative estimate of drug-likeness (QED) is 0.594. The van der Waals surface area contributed by atoms with E-state index in [4.69, 9.17) is 5.11 Å². The Morgan fingerprint density at radius 3 is 3.07 bits per heavy atom. The number of nitrogens with one attached hydrogen (secondary N) is 2. The molecule has 4 heteroatoms. The number of rotatable bonds is 6. The van der Waals surface area contributed by atoms with E-state index in [1.54, 1.807) is 0 Å². The Labute approximate surface area is 91.4 Å². The number of aliphatic hydroxyl groups is 1. The number of hydrogen-bond donors (Lipinski definition) is 3. The molecule has 15 heavy (non-hydrogen) atoms. The molecule has 3 N–H and O–H groups in total. The van der Waals surface area contributed by atoms with Crippen molar-refractivity contribution in [3.05, 3.63) is 0 Å². The fourth-order valence-electron chi connectivity index (χ4n) is 1.95. The molecule has 0 aromatic carbocycles. The van der Waals surface area contributed by atoms with Crippen molar-refractivity contribution in [3.8, 4) is 0 Å². The molecule has 1 rings (SSSR count). The molecule has 88 valence electrons. The van der Waals surface area contributed by atoms with Gasteiger partial charge >= 0.3 is 0 Å². The number of hydrogen-bond acceptors (Lipinski definition) is 3. The van der Waals surface area contributed by atoms with Crippen molar-refractivity contribution >= 4 is 5.91 Å².